The summed E-state index contributed by atoms with van der Waals surface area (Å²) in [5.74, 6) is -0.749. The first-order valence-corrected chi connectivity index (χ1v) is 7.05. The fourth-order valence-corrected chi connectivity index (χ4v) is 2.36. The average Bonchev–Trinajstić information content (AvgIpc) is 2.47. The van der Waals surface area contributed by atoms with Crippen molar-refractivity contribution in [3.05, 3.63) is 73.8 Å². The van der Waals surface area contributed by atoms with Crippen molar-refractivity contribution in [2.24, 2.45) is 0 Å². The van der Waals surface area contributed by atoms with Gasteiger partial charge in [-0.15, -0.1) is 0 Å². The molecule has 0 saturated carbocycles. The number of carbonyl (C=O) groups is 1. The first-order chi connectivity index (χ1) is 10.4. The summed E-state index contributed by atoms with van der Waals surface area (Å²) in [6.07, 6.45) is -0.614. The highest BCUT2D eigenvalue weighted by Crippen LogP contribution is 2.28. The van der Waals surface area contributed by atoms with Crippen molar-refractivity contribution >= 4 is 34.9 Å². The minimum Gasteiger partial charge on any atom is -0.454 e. The third-order valence-electron chi connectivity index (χ3n) is 3.01. The van der Waals surface area contributed by atoms with Gasteiger partial charge < -0.3 is 4.74 Å². The van der Waals surface area contributed by atoms with Crippen LogP contribution in [-0.2, 0) is 4.74 Å². The van der Waals surface area contributed by atoms with Crippen LogP contribution in [0.15, 0.2) is 42.5 Å². The molecule has 2 rings (SSSR count). The highest BCUT2D eigenvalue weighted by Gasteiger charge is 2.20. The number of hydrogen-bond acceptors (Lipinski definition) is 4. The van der Waals surface area contributed by atoms with E-state index >= 15 is 0 Å². The molecule has 22 heavy (non-hydrogen) atoms. The zero-order valence-electron chi connectivity index (χ0n) is 11.5. The van der Waals surface area contributed by atoms with Crippen LogP contribution < -0.4 is 0 Å². The molecule has 0 amide bonds. The van der Waals surface area contributed by atoms with E-state index < -0.39 is 17.0 Å². The zero-order valence-corrected chi connectivity index (χ0v) is 13.0. The number of halogens is 2. The molecule has 0 saturated heterocycles. The maximum atomic E-state index is 12.2. The molecule has 1 atom stereocenters. The molecular weight excluding hydrogens is 329 g/mol. The first kappa shape index (κ1) is 16.3. The molecule has 0 radical (unpaired) electrons. The van der Waals surface area contributed by atoms with E-state index in [4.69, 9.17) is 27.9 Å². The van der Waals surface area contributed by atoms with Crippen LogP contribution in [0.4, 0.5) is 5.69 Å². The fraction of sp³-hybridized carbons (Fsp3) is 0.133. The van der Waals surface area contributed by atoms with Gasteiger partial charge in [0, 0.05) is 22.7 Å². The molecule has 0 bridgehead atoms. The van der Waals surface area contributed by atoms with Crippen LogP contribution in [0, 0.1) is 10.1 Å². The Morgan fingerprint density at radius 2 is 1.86 bits per heavy atom. The fourth-order valence-electron chi connectivity index (χ4n) is 1.88. The number of hydrogen-bond donors (Lipinski definition) is 0. The number of rotatable bonds is 4. The lowest BCUT2D eigenvalue weighted by Gasteiger charge is -2.15. The van der Waals surface area contributed by atoms with Crippen LogP contribution in [0.25, 0.3) is 0 Å². The molecule has 0 spiro atoms. The van der Waals surface area contributed by atoms with Crippen molar-refractivity contribution in [1.29, 1.82) is 0 Å². The Labute approximate surface area is 136 Å². The second-order valence-corrected chi connectivity index (χ2v) is 5.30. The van der Waals surface area contributed by atoms with Crippen molar-refractivity contribution in [2.75, 3.05) is 0 Å². The third-order valence-corrected chi connectivity index (χ3v) is 3.68. The molecule has 0 aliphatic heterocycles. The van der Waals surface area contributed by atoms with E-state index in [9.17, 15) is 14.9 Å². The predicted octanol–water partition coefficient (Wildman–Crippen LogP) is 4.82. The third kappa shape index (κ3) is 3.55. The number of nitro benzene ring substituents is 1. The summed E-state index contributed by atoms with van der Waals surface area (Å²) in [5, 5.41) is 11.3. The summed E-state index contributed by atoms with van der Waals surface area (Å²) < 4.78 is 5.29. The lowest BCUT2D eigenvalue weighted by atomic mass is 10.1. The molecule has 2 aromatic carbocycles. The van der Waals surface area contributed by atoms with Crippen molar-refractivity contribution < 1.29 is 14.5 Å². The van der Waals surface area contributed by atoms with E-state index in [-0.39, 0.29) is 16.3 Å². The van der Waals surface area contributed by atoms with Crippen molar-refractivity contribution in [3.63, 3.8) is 0 Å². The summed E-state index contributed by atoms with van der Waals surface area (Å²) in [7, 11) is 0. The summed E-state index contributed by atoms with van der Waals surface area (Å²) in [6, 6.07) is 10.5. The van der Waals surface area contributed by atoms with E-state index in [2.05, 4.69) is 0 Å². The standard InChI is InChI=1S/C15H11Cl2NO4/c1-9(11-4-2-3-5-13(11)16)22-15(19)12-8-10(18(20)21)6-7-14(12)17/h2-9H,1H3/t9-/m0/s1. The quantitative estimate of drug-likeness (QED) is 0.454. The Balaban J connectivity index is 2.24. The van der Waals surface area contributed by atoms with Crippen molar-refractivity contribution in [1.82, 2.24) is 0 Å². The average molecular weight is 340 g/mol. The molecule has 0 heterocycles. The van der Waals surface area contributed by atoms with Gasteiger partial charge in [0.15, 0.2) is 0 Å². The summed E-state index contributed by atoms with van der Waals surface area (Å²) in [6.45, 7) is 1.66. The van der Waals surface area contributed by atoms with Gasteiger partial charge >= 0.3 is 5.97 Å². The van der Waals surface area contributed by atoms with Crippen LogP contribution in [0.3, 0.4) is 0 Å². The molecule has 0 aromatic heterocycles. The predicted molar refractivity (Wildman–Crippen MR) is 83.4 cm³/mol. The summed E-state index contributed by atoms with van der Waals surface area (Å²) in [4.78, 5) is 22.3. The molecule has 0 unspecified atom stereocenters. The van der Waals surface area contributed by atoms with Crippen LogP contribution in [-0.4, -0.2) is 10.9 Å². The Bertz CT molecular complexity index is 733. The number of non-ortho nitro benzene ring substituents is 1. The smallest absolute Gasteiger partial charge is 0.340 e. The maximum absolute atomic E-state index is 12.2. The van der Waals surface area contributed by atoms with Gasteiger partial charge in [0.2, 0.25) is 0 Å². The van der Waals surface area contributed by atoms with Crippen LogP contribution in [0.5, 0.6) is 0 Å². The second-order valence-electron chi connectivity index (χ2n) is 4.49. The van der Waals surface area contributed by atoms with Gasteiger partial charge in [0.25, 0.3) is 5.69 Å². The summed E-state index contributed by atoms with van der Waals surface area (Å²) in [5.41, 5.74) is 0.343. The molecule has 114 valence electrons. The number of benzene rings is 2. The highest BCUT2D eigenvalue weighted by atomic mass is 35.5. The molecule has 0 aliphatic carbocycles. The van der Waals surface area contributed by atoms with Gasteiger partial charge in [-0.1, -0.05) is 41.4 Å². The van der Waals surface area contributed by atoms with E-state index in [1.807, 2.05) is 0 Å². The highest BCUT2D eigenvalue weighted by molar-refractivity contribution is 6.33. The minimum absolute atomic E-state index is 0.0604. The minimum atomic E-state index is -0.749. The van der Waals surface area contributed by atoms with E-state index in [0.717, 1.165) is 6.07 Å². The SMILES string of the molecule is C[C@H](OC(=O)c1cc([N+](=O)[O-])ccc1Cl)c1ccccc1Cl. The molecule has 0 aliphatic rings. The lowest BCUT2D eigenvalue weighted by Crippen LogP contribution is -2.10. The number of carbonyl (C=O) groups excluding carboxylic acids is 1. The topological polar surface area (TPSA) is 69.4 Å². The molecule has 5 nitrogen and oxygen atoms in total. The van der Waals surface area contributed by atoms with Crippen LogP contribution in [0.1, 0.15) is 28.9 Å². The van der Waals surface area contributed by atoms with Gasteiger partial charge in [0.05, 0.1) is 15.5 Å². The van der Waals surface area contributed by atoms with Crippen molar-refractivity contribution in [3.8, 4) is 0 Å². The van der Waals surface area contributed by atoms with Crippen LogP contribution >= 0.6 is 23.2 Å². The molecule has 7 heteroatoms. The number of esters is 1. The monoisotopic (exact) mass is 339 g/mol. The van der Waals surface area contributed by atoms with Gasteiger partial charge in [-0.25, -0.2) is 4.79 Å². The number of ether oxygens (including phenoxy) is 1. The summed E-state index contributed by atoms with van der Waals surface area (Å²) >= 11 is 11.9. The number of nitrogens with zero attached hydrogens (tertiary/aromatic N) is 1. The van der Waals surface area contributed by atoms with E-state index in [1.54, 1.807) is 31.2 Å². The Kier molecular flexibility index (Phi) is 5.00. The Hall–Kier alpha value is -2.11. The van der Waals surface area contributed by atoms with Gasteiger partial charge in [-0.2, -0.15) is 0 Å². The maximum Gasteiger partial charge on any atom is 0.340 e. The zero-order chi connectivity index (χ0) is 16.3. The second kappa shape index (κ2) is 6.77. The molecule has 2 aromatic rings. The molecule has 0 N–H and O–H groups in total. The van der Waals surface area contributed by atoms with E-state index in [0.29, 0.717) is 10.6 Å². The normalized spacial score (nSPS) is 11.8. The molecular formula is C15H11Cl2NO4. The van der Waals surface area contributed by atoms with Gasteiger partial charge in [-0.3, -0.25) is 10.1 Å². The van der Waals surface area contributed by atoms with E-state index in [1.165, 1.54) is 12.1 Å². The van der Waals surface area contributed by atoms with Crippen LogP contribution in [0.2, 0.25) is 10.0 Å². The number of nitro groups is 1. The van der Waals surface area contributed by atoms with Gasteiger partial charge in [0.1, 0.15) is 6.10 Å². The Morgan fingerprint density at radius 3 is 2.50 bits per heavy atom. The van der Waals surface area contributed by atoms with Crippen molar-refractivity contribution in [2.45, 2.75) is 13.0 Å². The first-order valence-electron chi connectivity index (χ1n) is 6.29. The van der Waals surface area contributed by atoms with Gasteiger partial charge in [-0.05, 0) is 19.1 Å². The lowest BCUT2D eigenvalue weighted by molar-refractivity contribution is -0.384. The largest absolute Gasteiger partial charge is 0.454 e. The Morgan fingerprint density at radius 1 is 1.18 bits per heavy atom. The molecule has 0 fully saturated rings.